The van der Waals surface area contributed by atoms with Crippen LogP contribution in [0, 0.1) is 12.3 Å². The maximum absolute atomic E-state index is 12.2. The third-order valence-corrected chi connectivity index (χ3v) is 3.81. The van der Waals surface area contributed by atoms with Crippen molar-refractivity contribution in [1.29, 1.82) is 0 Å². The van der Waals surface area contributed by atoms with E-state index in [2.05, 4.69) is 16.2 Å². The fourth-order valence-electron chi connectivity index (χ4n) is 2.33. The van der Waals surface area contributed by atoms with Crippen molar-refractivity contribution < 1.29 is 9.59 Å². The molecular weight excluding hydrogens is 328 g/mol. The average Bonchev–Trinajstić information content (AvgIpc) is 2.58. The lowest BCUT2D eigenvalue weighted by atomic mass is 10.2. The third-order valence-electron chi connectivity index (χ3n) is 3.61. The van der Waals surface area contributed by atoms with Gasteiger partial charge in [-0.25, -0.2) is 4.98 Å². The van der Waals surface area contributed by atoms with Crippen molar-refractivity contribution in [2.24, 2.45) is 0 Å². The first-order chi connectivity index (χ1) is 11.6. The number of hydrogen-bond donors (Lipinski definition) is 1. The summed E-state index contributed by atoms with van der Waals surface area (Å²) in [4.78, 5) is 31.5. The van der Waals surface area contributed by atoms with E-state index in [0.717, 1.165) is 5.56 Å². The van der Waals surface area contributed by atoms with Crippen LogP contribution >= 0.6 is 11.6 Å². The number of nitrogens with zero attached hydrogens (tertiary/aromatic N) is 3. The highest BCUT2D eigenvalue weighted by Crippen LogP contribution is 2.09. The van der Waals surface area contributed by atoms with Gasteiger partial charge >= 0.3 is 0 Å². The summed E-state index contributed by atoms with van der Waals surface area (Å²) >= 11 is 5.81. The molecule has 2 rings (SSSR count). The normalized spacial score (nSPS) is 15.2. The summed E-state index contributed by atoms with van der Waals surface area (Å²) in [5.74, 6) is 2.21. The van der Waals surface area contributed by atoms with Crippen molar-refractivity contribution in [2.45, 2.75) is 0 Å². The summed E-state index contributed by atoms with van der Waals surface area (Å²) in [6.07, 6.45) is 9.94. The first kappa shape index (κ1) is 18.0. The number of carbonyl (C=O) groups is 2. The molecule has 1 saturated heterocycles. The fourth-order valence-corrected chi connectivity index (χ4v) is 2.51. The molecular formula is C17H19ClN4O2. The van der Waals surface area contributed by atoms with Crippen LogP contribution in [0.1, 0.15) is 5.56 Å². The van der Waals surface area contributed by atoms with Crippen LogP contribution in [0.4, 0.5) is 0 Å². The third kappa shape index (κ3) is 5.69. The van der Waals surface area contributed by atoms with E-state index in [-0.39, 0.29) is 18.4 Å². The first-order valence-electron chi connectivity index (χ1n) is 7.59. The number of piperazine rings is 1. The van der Waals surface area contributed by atoms with Gasteiger partial charge in [-0.15, -0.1) is 6.42 Å². The molecule has 1 aliphatic rings. The van der Waals surface area contributed by atoms with E-state index in [9.17, 15) is 9.59 Å². The lowest BCUT2D eigenvalue weighted by molar-refractivity contribution is -0.128. The molecule has 0 aliphatic carbocycles. The Labute approximate surface area is 146 Å². The second kappa shape index (κ2) is 9.06. The lowest BCUT2D eigenvalue weighted by Crippen LogP contribution is -2.50. The van der Waals surface area contributed by atoms with Crippen LogP contribution in [-0.2, 0) is 9.59 Å². The van der Waals surface area contributed by atoms with Gasteiger partial charge in [0.1, 0.15) is 5.15 Å². The Kier molecular flexibility index (Phi) is 6.79. The summed E-state index contributed by atoms with van der Waals surface area (Å²) in [6, 6.07) is 3.47. The van der Waals surface area contributed by atoms with Crippen molar-refractivity contribution in [3.05, 3.63) is 35.1 Å². The standard InChI is InChI=1S/C17H19ClN4O2/c1-2-6-20-16(23)13-21-8-10-22(11-9-21)17(24)4-3-14-5-7-19-15(18)12-14/h1,3-5,7,12H,6,8-11,13H2,(H,20,23). The van der Waals surface area contributed by atoms with Gasteiger partial charge in [-0.1, -0.05) is 17.5 Å². The number of terminal acetylenes is 1. The molecule has 1 aromatic heterocycles. The Bertz CT molecular complexity index is 661. The van der Waals surface area contributed by atoms with E-state index in [1.807, 2.05) is 4.90 Å². The van der Waals surface area contributed by atoms with Crippen molar-refractivity contribution in [1.82, 2.24) is 20.1 Å². The number of nitrogens with one attached hydrogen (secondary N) is 1. The maximum atomic E-state index is 12.2. The maximum Gasteiger partial charge on any atom is 0.246 e. The summed E-state index contributed by atoms with van der Waals surface area (Å²) < 4.78 is 0. The Morgan fingerprint density at radius 2 is 2.12 bits per heavy atom. The monoisotopic (exact) mass is 346 g/mol. The van der Waals surface area contributed by atoms with Gasteiger partial charge in [0.25, 0.3) is 0 Å². The van der Waals surface area contributed by atoms with E-state index in [4.69, 9.17) is 18.0 Å². The van der Waals surface area contributed by atoms with Gasteiger partial charge in [0.2, 0.25) is 11.8 Å². The van der Waals surface area contributed by atoms with Crippen molar-refractivity contribution in [2.75, 3.05) is 39.3 Å². The Morgan fingerprint density at radius 1 is 1.38 bits per heavy atom. The summed E-state index contributed by atoms with van der Waals surface area (Å²) in [5, 5.41) is 3.02. The largest absolute Gasteiger partial charge is 0.344 e. The smallest absolute Gasteiger partial charge is 0.246 e. The summed E-state index contributed by atoms with van der Waals surface area (Å²) in [5.41, 5.74) is 0.826. The number of amides is 2. The van der Waals surface area contributed by atoms with Gasteiger partial charge in [-0.3, -0.25) is 14.5 Å². The minimum absolute atomic E-state index is 0.0561. The van der Waals surface area contributed by atoms with Gasteiger partial charge in [0.15, 0.2) is 0 Å². The molecule has 1 fully saturated rings. The van der Waals surface area contributed by atoms with Crippen molar-refractivity contribution >= 4 is 29.5 Å². The molecule has 2 amide bonds. The van der Waals surface area contributed by atoms with Gasteiger partial charge < -0.3 is 10.2 Å². The molecule has 1 aliphatic heterocycles. The molecule has 0 saturated carbocycles. The Morgan fingerprint density at radius 3 is 2.79 bits per heavy atom. The van der Waals surface area contributed by atoms with Crippen LogP contribution < -0.4 is 5.32 Å². The highest BCUT2D eigenvalue weighted by atomic mass is 35.5. The molecule has 0 spiro atoms. The van der Waals surface area contributed by atoms with Gasteiger partial charge in [-0.05, 0) is 23.8 Å². The van der Waals surface area contributed by atoms with Crippen molar-refractivity contribution in [3.63, 3.8) is 0 Å². The second-order valence-electron chi connectivity index (χ2n) is 5.33. The van der Waals surface area contributed by atoms with Crippen molar-refractivity contribution in [3.8, 4) is 12.3 Å². The number of pyridine rings is 1. The van der Waals surface area contributed by atoms with Crippen LogP contribution in [0.15, 0.2) is 24.4 Å². The van der Waals surface area contributed by atoms with Crippen LogP contribution in [-0.4, -0.2) is 65.9 Å². The Hall–Kier alpha value is -2.36. The zero-order chi connectivity index (χ0) is 17.4. The average molecular weight is 347 g/mol. The molecule has 24 heavy (non-hydrogen) atoms. The zero-order valence-corrected chi connectivity index (χ0v) is 14.0. The SMILES string of the molecule is C#CCNC(=O)CN1CCN(C(=O)C=Cc2ccnc(Cl)c2)CC1. The quantitative estimate of drug-likeness (QED) is 0.483. The molecule has 0 unspecified atom stereocenters. The molecule has 1 N–H and O–H groups in total. The summed E-state index contributed by atoms with van der Waals surface area (Å²) in [7, 11) is 0. The van der Waals surface area contributed by atoms with E-state index >= 15 is 0 Å². The second-order valence-corrected chi connectivity index (χ2v) is 5.71. The minimum Gasteiger partial charge on any atom is -0.344 e. The first-order valence-corrected chi connectivity index (χ1v) is 7.97. The number of halogens is 1. The number of rotatable bonds is 5. The predicted molar refractivity (Wildman–Crippen MR) is 93.1 cm³/mol. The van der Waals surface area contributed by atoms with Gasteiger partial charge in [-0.2, -0.15) is 0 Å². The van der Waals surface area contributed by atoms with Crippen LogP contribution in [0.2, 0.25) is 5.15 Å². The Balaban J connectivity index is 1.78. The molecule has 126 valence electrons. The fraction of sp³-hybridized carbons (Fsp3) is 0.353. The van der Waals surface area contributed by atoms with E-state index in [1.165, 1.54) is 6.08 Å². The van der Waals surface area contributed by atoms with Gasteiger partial charge in [0.05, 0.1) is 13.1 Å². The number of aromatic nitrogens is 1. The molecule has 0 bridgehead atoms. The molecule has 0 radical (unpaired) electrons. The molecule has 0 atom stereocenters. The van der Waals surface area contributed by atoms with E-state index in [1.54, 1.807) is 29.3 Å². The van der Waals surface area contributed by atoms with Crippen LogP contribution in [0.25, 0.3) is 6.08 Å². The molecule has 7 heteroatoms. The minimum atomic E-state index is -0.0952. The highest BCUT2D eigenvalue weighted by molar-refractivity contribution is 6.29. The summed E-state index contributed by atoms with van der Waals surface area (Å²) in [6.45, 7) is 3.02. The lowest BCUT2D eigenvalue weighted by Gasteiger charge is -2.33. The number of hydrogen-bond acceptors (Lipinski definition) is 4. The zero-order valence-electron chi connectivity index (χ0n) is 13.2. The topological polar surface area (TPSA) is 65.5 Å². The van der Waals surface area contributed by atoms with Crippen LogP contribution in [0.3, 0.4) is 0 Å². The van der Waals surface area contributed by atoms with Gasteiger partial charge in [0, 0.05) is 38.5 Å². The molecule has 6 nitrogen and oxygen atoms in total. The molecule has 0 aromatic carbocycles. The van der Waals surface area contributed by atoms with E-state index < -0.39 is 0 Å². The van der Waals surface area contributed by atoms with E-state index in [0.29, 0.717) is 37.9 Å². The molecule has 1 aromatic rings. The molecule has 2 heterocycles. The predicted octanol–water partition coefficient (Wildman–Crippen LogP) is 0.642. The highest BCUT2D eigenvalue weighted by Gasteiger charge is 2.20. The number of carbonyl (C=O) groups excluding carboxylic acids is 2. The van der Waals surface area contributed by atoms with Crippen LogP contribution in [0.5, 0.6) is 0 Å².